The summed E-state index contributed by atoms with van der Waals surface area (Å²) in [5, 5.41) is 9.15. The predicted molar refractivity (Wildman–Crippen MR) is 141 cm³/mol. The van der Waals surface area contributed by atoms with Gasteiger partial charge in [0.25, 0.3) is 0 Å². The monoisotopic (exact) mass is 446 g/mol. The Kier molecular flexibility index (Phi) is 8.95. The van der Waals surface area contributed by atoms with E-state index in [0.717, 1.165) is 18.4 Å². The molecule has 0 amide bonds. The third-order valence-electron chi connectivity index (χ3n) is 7.27. The van der Waals surface area contributed by atoms with Crippen LogP contribution in [0.2, 0.25) is 0 Å². The Balaban J connectivity index is 1.84. The first-order valence-electron chi connectivity index (χ1n) is 13.0. The topological polar surface area (TPSA) is 37.3 Å². The molecular weight excluding hydrogens is 404 g/mol. The van der Waals surface area contributed by atoms with E-state index in [1.54, 1.807) is 17.7 Å². The Morgan fingerprint density at radius 2 is 1.73 bits per heavy atom. The van der Waals surface area contributed by atoms with Crippen molar-refractivity contribution in [1.82, 2.24) is 0 Å². The van der Waals surface area contributed by atoms with E-state index in [1.807, 2.05) is 12.1 Å². The molecule has 2 heteroatoms. The maximum Gasteiger partial charge on any atom is 0.335 e. The Labute approximate surface area is 201 Å². The molecule has 0 saturated carbocycles. The molecule has 1 aliphatic carbocycles. The molecule has 1 N–H and O–H groups in total. The van der Waals surface area contributed by atoms with Crippen LogP contribution in [0.4, 0.5) is 0 Å². The lowest BCUT2D eigenvalue weighted by Gasteiger charge is -2.25. The fraction of sp³-hybridized carbons (Fsp3) is 0.516. The van der Waals surface area contributed by atoms with Crippen LogP contribution >= 0.6 is 0 Å². The lowest BCUT2D eigenvalue weighted by Crippen LogP contribution is -2.12. The van der Waals surface area contributed by atoms with E-state index in [9.17, 15) is 4.79 Å². The molecule has 1 aliphatic rings. The number of hydrogen-bond donors (Lipinski definition) is 1. The van der Waals surface area contributed by atoms with Crippen LogP contribution in [0.5, 0.6) is 0 Å². The van der Waals surface area contributed by atoms with Gasteiger partial charge in [0, 0.05) is 0 Å². The quantitative estimate of drug-likeness (QED) is 0.225. The molecule has 2 aromatic carbocycles. The average Bonchev–Trinajstić information content (AvgIpc) is 2.89. The van der Waals surface area contributed by atoms with Crippen molar-refractivity contribution in [3.8, 4) is 0 Å². The van der Waals surface area contributed by atoms with E-state index in [1.165, 1.54) is 68.1 Å². The minimum atomic E-state index is -0.880. The zero-order valence-electron chi connectivity index (χ0n) is 21.1. The molecule has 0 spiro atoms. The summed E-state index contributed by atoms with van der Waals surface area (Å²) in [5.41, 5.74) is 7.63. The largest absolute Gasteiger partial charge is 0.478 e. The summed E-state index contributed by atoms with van der Waals surface area (Å²) >= 11 is 0. The van der Waals surface area contributed by atoms with Crippen LogP contribution in [-0.4, -0.2) is 11.1 Å². The third-order valence-corrected chi connectivity index (χ3v) is 7.27. The fourth-order valence-electron chi connectivity index (χ4n) is 5.31. The van der Waals surface area contributed by atoms with Crippen LogP contribution in [-0.2, 0) is 12.8 Å². The summed E-state index contributed by atoms with van der Waals surface area (Å²) in [6.45, 7) is 9.49. The van der Waals surface area contributed by atoms with Gasteiger partial charge in [0.15, 0.2) is 0 Å². The molecule has 0 aromatic heterocycles. The fourth-order valence-corrected chi connectivity index (χ4v) is 5.31. The highest BCUT2D eigenvalue weighted by Crippen LogP contribution is 2.41. The summed E-state index contributed by atoms with van der Waals surface area (Å²) in [4.78, 5) is 11.1. The lowest BCUT2D eigenvalue weighted by molar-refractivity contribution is 0.0697. The van der Waals surface area contributed by atoms with Gasteiger partial charge >= 0.3 is 5.97 Å². The number of fused-ring (bicyclic) bond motifs is 1. The number of aromatic carboxylic acids is 1. The van der Waals surface area contributed by atoms with Crippen molar-refractivity contribution >= 4 is 18.1 Å². The van der Waals surface area contributed by atoms with Gasteiger partial charge in [0.05, 0.1) is 5.56 Å². The maximum absolute atomic E-state index is 11.1. The summed E-state index contributed by atoms with van der Waals surface area (Å²) in [5.74, 6) is -0.281. The van der Waals surface area contributed by atoms with Crippen molar-refractivity contribution in [2.45, 2.75) is 97.8 Å². The van der Waals surface area contributed by atoms with Gasteiger partial charge in [-0.25, -0.2) is 4.79 Å². The third kappa shape index (κ3) is 7.32. The first-order valence-corrected chi connectivity index (χ1v) is 13.0. The van der Waals surface area contributed by atoms with Gasteiger partial charge in [0.1, 0.15) is 0 Å². The molecule has 0 bridgehead atoms. The molecule has 0 radical (unpaired) electrons. The normalized spacial score (nSPS) is 17.6. The SMILES string of the molecule is CCCCCCCCc1cc2c(cc1/C=C/c1ccc(C(=O)O)cc1)CCC(C)(C)CC2C. The van der Waals surface area contributed by atoms with Crippen molar-refractivity contribution in [2.75, 3.05) is 0 Å². The highest BCUT2D eigenvalue weighted by atomic mass is 16.4. The van der Waals surface area contributed by atoms with Gasteiger partial charge < -0.3 is 5.11 Å². The highest BCUT2D eigenvalue weighted by molar-refractivity contribution is 5.88. The van der Waals surface area contributed by atoms with E-state index in [0.29, 0.717) is 16.9 Å². The summed E-state index contributed by atoms with van der Waals surface area (Å²) in [7, 11) is 0. The standard InChI is InChI=1S/C31H42O2/c1-5-6-7-8-9-10-11-26-21-29-23(2)22-31(3,4)19-18-28(29)20-27(26)17-14-24-12-15-25(16-13-24)30(32)33/h12-17,20-21,23H,5-11,18-19,22H2,1-4H3,(H,32,33)/b17-14+. The van der Waals surface area contributed by atoms with Crippen molar-refractivity contribution in [1.29, 1.82) is 0 Å². The average molecular weight is 447 g/mol. The number of carbonyl (C=O) groups is 1. The first-order chi connectivity index (χ1) is 15.8. The van der Waals surface area contributed by atoms with Crippen LogP contribution in [0.25, 0.3) is 12.2 Å². The molecule has 3 rings (SSSR count). The number of hydrogen-bond acceptors (Lipinski definition) is 1. The Hall–Kier alpha value is -2.35. The number of aryl methyl sites for hydroxylation is 2. The minimum absolute atomic E-state index is 0.331. The minimum Gasteiger partial charge on any atom is -0.478 e. The zero-order chi connectivity index (χ0) is 23.8. The van der Waals surface area contributed by atoms with E-state index in [-0.39, 0.29) is 0 Å². The van der Waals surface area contributed by atoms with Gasteiger partial charge in [-0.1, -0.05) is 96.2 Å². The van der Waals surface area contributed by atoms with Crippen molar-refractivity contribution in [2.24, 2.45) is 5.41 Å². The smallest absolute Gasteiger partial charge is 0.335 e. The Morgan fingerprint density at radius 1 is 1.03 bits per heavy atom. The molecule has 2 aromatic rings. The molecular formula is C31H42O2. The van der Waals surface area contributed by atoms with Gasteiger partial charge in [-0.3, -0.25) is 0 Å². The molecule has 33 heavy (non-hydrogen) atoms. The first kappa shape index (κ1) is 25.3. The molecule has 1 unspecified atom stereocenters. The summed E-state index contributed by atoms with van der Waals surface area (Å²) in [6.07, 6.45) is 17.0. The molecule has 1 atom stereocenters. The second-order valence-corrected chi connectivity index (χ2v) is 10.8. The van der Waals surface area contributed by atoms with Crippen LogP contribution in [0.15, 0.2) is 36.4 Å². The number of carboxylic acid groups (broad SMARTS) is 1. The van der Waals surface area contributed by atoms with Crippen LogP contribution < -0.4 is 0 Å². The van der Waals surface area contributed by atoms with E-state index < -0.39 is 5.97 Å². The predicted octanol–water partition coefficient (Wildman–Crippen LogP) is 8.92. The number of benzene rings is 2. The highest BCUT2D eigenvalue weighted by Gasteiger charge is 2.27. The molecule has 0 saturated heterocycles. The van der Waals surface area contributed by atoms with Crippen LogP contribution in [0, 0.1) is 5.41 Å². The molecule has 0 heterocycles. The van der Waals surface area contributed by atoms with E-state index in [4.69, 9.17) is 5.11 Å². The van der Waals surface area contributed by atoms with Crippen molar-refractivity contribution in [3.63, 3.8) is 0 Å². The van der Waals surface area contributed by atoms with Crippen molar-refractivity contribution in [3.05, 3.63) is 69.8 Å². The van der Waals surface area contributed by atoms with Gasteiger partial charge in [-0.15, -0.1) is 0 Å². The molecule has 178 valence electrons. The Morgan fingerprint density at radius 3 is 2.42 bits per heavy atom. The second-order valence-electron chi connectivity index (χ2n) is 10.8. The molecule has 2 nitrogen and oxygen atoms in total. The van der Waals surface area contributed by atoms with E-state index >= 15 is 0 Å². The Bertz CT molecular complexity index is 950. The van der Waals surface area contributed by atoms with Gasteiger partial charge in [-0.05, 0) is 83.4 Å². The van der Waals surface area contributed by atoms with Gasteiger partial charge in [-0.2, -0.15) is 0 Å². The van der Waals surface area contributed by atoms with Crippen LogP contribution in [0.3, 0.4) is 0 Å². The molecule has 0 aliphatic heterocycles. The zero-order valence-corrected chi connectivity index (χ0v) is 21.1. The number of carboxylic acids is 1. The summed E-state index contributed by atoms with van der Waals surface area (Å²) in [6, 6.07) is 12.1. The van der Waals surface area contributed by atoms with Crippen LogP contribution in [0.1, 0.15) is 123 Å². The summed E-state index contributed by atoms with van der Waals surface area (Å²) < 4.78 is 0. The number of rotatable bonds is 10. The lowest BCUT2D eigenvalue weighted by atomic mass is 9.80. The second kappa shape index (κ2) is 11.7. The van der Waals surface area contributed by atoms with Gasteiger partial charge in [0.2, 0.25) is 0 Å². The molecule has 0 fully saturated rings. The van der Waals surface area contributed by atoms with Crippen molar-refractivity contribution < 1.29 is 9.90 Å². The number of unbranched alkanes of at least 4 members (excludes halogenated alkanes) is 5. The maximum atomic E-state index is 11.1. The van der Waals surface area contributed by atoms with E-state index in [2.05, 4.69) is 52.0 Å².